The van der Waals surface area contributed by atoms with Gasteiger partial charge in [-0.1, -0.05) is 44.5 Å². The van der Waals surface area contributed by atoms with Crippen LogP contribution in [0.15, 0.2) is 24.3 Å². The Morgan fingerprint density at radius 2 is 1.88 bits per heavy atom. The van der Waals surface area contributed by atoms with Gasteiger partial charge in [0.05, 0.1) is 0 Å². The highest BCUT2D eigenvalue weighted by Crippen LogP contribution is 2.15. The molecule has 1 unspecified atom stereocenters. The zero-order chi connectivity index (χ0) is 12.7. The van der Waals surface area contributed by atoms with Gasteiger partial charge < -0.3 is 5.32 Å². The van der Waals surface area contributed by atoms with Crippen LogP contribution in [0.1, 0.15) is 26.3 Å². The van der Waals surface area contributed by atoms with Crippen molar-refractivity contribution in [2.24, 2.45) is 0 Å². The lowest BCUT2D eigenvalue weighted by Gasteiger charge is -2.18. The second kappa shape index (κ2) is 8.02. The summed E-state index contributed by atoms with van der Waals surface area (Å²) >= 11 is 7.91. The Morgan fingerprint density at radius 3 is 2.41 bits per heavy atom. The quantitative estimate of drug-likeness (QED) is 0.804. The summed E-state index contributed by atoms with van der Waals surface area (Å²) in [4.78, 5) is 0. The van der Waals surface area contributed by atoms with Crippen LogP contribution >= 0.6 is 23.4 Å². The Balaban J connectivity index is 2.50. The van der Waals surface area contributed by atoms with E-state index in [4.69, 9.17) is 11.6 Å². The van der Waals surface area contributed by atoms with Crippen LogP contribution in [-0.2, 0) is 6.42 Å². The van der Waals surface area contributed by atoms with Gasteiger partial charge in [-0.25, -0.2) is 0 Å². The first kappa shape index (κ1) is 14.9. The Kier molecular flexibility index (Phi) is 7.02. The average molecular weight is 272 g/mol. The van der Waals surface area contributed by atoms with Gasteiger partial charge in [-0.3, -0.25) is 0 Å². The van der Waals surface area contributed by atoms with E-state index >= 15 is 0 Å². The maximum Gasteiger partial charge on any atom is 0.0406 e. The zero-order valence-electron chi connectivity index (χ0n) is 10.9. The fraction of sp³-hybridized carbons (Fsp3) is 0.571. The predicted molar refractivity (Wildman–Crippen MR) is 80.2 cm³/mol. The molecule has 0 fully saturated rings. The largest absolute Gasteiger partial charge is 0.313 e. The van der Waals surface area contributed by atoms with E-state index in [-0.39, 0.29) is 0 Å². The Morgan fingerprint density at radius 1 is 1.24 bits per heavy atom. The number of hydrogen-bond donors (Lipinski definition) is 1. The molecule has 1 rings (SSSR count). The highest BCUT2D eigenvalue weighted by atomic mass is 35.5. The van der Waals surface area contributed by atoms with Gasteiger partial charge in [0.2, 0.25) is 0 Å². The van der Waals surface area contributed by atoms with Gasteiger partial charge in [0.15, 0.2) is 0 Å². The molecule has 0 aromatic heterocycles. The minimum atomic E-state index is 0.550. The number of rotatable bonds is 7. The summed E-state index contributed by atoms with van der Waals surface area (Å²) < 4.78 is 0. The normalized spacial score (nSPS) is 13.0. The third kappa shape index (κ3) is 6.35. The van der Waals surface area contributed by atoms with Gasteiger partial charge >= 0.3 is 0 Å². The second-order valence-corrected chi connectivity index (χ2v) is 6.51. The maximum atomic E-state index is 5.89. The molecule has 0 radical (unpaired) electrons. The van der Waals surface area contributed by atoms with Crippen molar-refractivity contribution in [2.45, 2.75) is 38.5 Å². The van der Waals surface area contributed by atoms with Crippen LogP contribution in [0, 0.1) is 0 Å². The molecule has 0 aliphatic heterocycles. The minimum absolute atomic E-state index is 0.550. The van der Waals surface area contributed by atoms with E-state index < -0.39 is 0 Å². The molecule has 96 valence electrons. The van der Waals surface area contributed by atoms with E-state index in [1.165, 1.54) is 5.56 Å². The van der Waals surface area contributed by atoms with E-state index in [0.29, 0.717) is 11.3 Å². The molecule has 0 heterocycles. The molecule has 0 amide bonds. The van der Waals surface area contributed by atoms with Gasteiger partial charge in [-0.2, -0.15) is 11.8 Å². The van der Waals surface area contributed by atoms with E-state index in [1.54, 1.807) is 0 Å². The molecule has 3 heteroatoms. The number of benzene rings is 1. The van der Waals surface area contributed by atoms with Crippen molar-refractivity contribution in [3.8, 4) is 0 Å². The first-order valence-corrected chi connectivity index (χ1v) is 7.64. The summed E-state index contributed by atoms with van der Waals surface area (Å²) in [7, 11) is 0. The SMILES string of the molecule is CCNC(CSC(C)C)Cc1ccc(Cl)cc1. The average Bonchev–Trinajstić information content (AvgIpc) is 2.29. The van der Waals surface area contributed by atoms with Crippen molar-refractivity contribution in [3.05, 3.63) is 34.9 Å². The van der Waals surface area contributed by atoms with E-state index in [0.717, 1.165) is 23.7 Å². The summed E-state index contributed by atoms with van der Waals surface area (Å²) in [5.74, 6) is 1.16. The molecule has 1 N–H and O–H groups in total. The lowest BCUT2D eigenvalue weighted by molar-refractivity contribution is 0.572. The molecular weight excluding hydrogens is 250 g/mol. The van der Waals surface area contributed by atoms with Crippen LogP contribution in [0.3, 0.4) is 0 Å². The number of hydrogen-bond acceptors (Lipinski definition) is 2. The van der Waals surface area contributed by atoms with Crippen LogP contribution in [0.25, 0.3) is 0 Å². The van der Waals surface area contributed by atoms with E-state index in [1.807, 2.05) is 23.9 Å². The first-order chi connectivity index (χ1) is 8.11. The lowest BCUT2D eigenvalue weighted by Crippen LogP contribution is -2.33. The fourth-order valence-electron chi connectivity index (χ4n) is 1.69. The summed E-state index contributed by atoms with van der Waals surface area (Å²) in [5, 5.41) is 5.05. The smallest absolute Gasteiger partial charge is 0.0406 e. The maximum absolute atomic E-state index is 5.89. The van der Waals surface area contributed by atoms with E-state index in [9.17, 15) is 0 Å². The van der Waals surface area contributed by atoms with Crippen molar-refractivity contribution in [3.63, 3.8) is 0 Å². The zero-order valence-corrected chi connectivity index (χ0v) is 12.4. The second-order valence-electron chi connectivity index (χ2n) is 4.47. The number of likely N-dealkylation sites (N-methyl/N-ethyl adjacent to an activating group) is 1. The van der Waals surface area contributed by atoms with Crippen LogP contribution in [0.4, 0.5) is 0 Å². The Hall–Kier alpha value is -0.180. The van der Waals surface area contributed by atoms with Crippen molar-refractivity contribution in [1.82, 2.24) is 5.32 Å². The topological polar surface area (TPSA) is 12.0 Å². The molecule has 1 atom stereocenters. The molecule has 1 aromatic rings. The van der Waals surface area contributed by atoms with Crippen molar-refractivity contribution < 1.29 is 0 Å². The van der Waals surface area contributed by atoms with Gasteiger partial charge in [0.1, 0.15) is 0 Å². The first-order valence-electron chi connectivity index (χ1n) is 6.21. The van der Waals surface area contributed by atoms with Gasteiger partial charge in [0, 0.05) is 16.8 Å². The summed E-state index contributed by atoms with van der Waals surface area (Å²) in [6.07, 6.45) is 1.07. The monoisotopic (exact) mass is 271 g/mol. The fourth-order valence-corrected chi connectivity index (χ4v) is 2.67. The van der Waals surface area contributed by atoms with Crippen LogP contribution in [0.2, 0.25) is 5.02 Å². The minimum Gasteiger partial charge on any atom is -0.313 e. The molecule has 17 heavy (non-hydrogen) atoms. The molecule has 0 spiro atoms. The summed E-state index contributed by atoms with van der Waals surface area (Å²) in [6, 6.07) is 8.72. The molecule has 0 bridgehead atoms. The Bertz CT molecular complexity index is 311. The highest BCUT2D eigenvalue weighted by molar-refractivity contribution is 7.99. The molecule has 0 saturated carbocycles. The lowest BCUT2D eigenvalue weighted by atomic mass is 10.1. The summed E-state index contributed by atoms with van der Waals surface area (Å²) in [6.45, 7) is 7.68. The van der Waals surface area contributed by atoms with Crippen molar-refractivity contribution in [2.75, 3.05) is 12.3 Å². The number of thioether (sulfide) groups is 1. The highest BCUT2D eigenvalue weighted by Gasteiger charge is 2.09. The standard InChI is InChI=1S/C14H22ClNS/c1-4-16-14(10-17-11(2)3)9-12-5-7-13(15)8-6-12/h5-8,11,14,16H,4,9-10H2,1-3H3. The number of halogens is 1. The predicted octanol–water partition coefficient (Wildman–Crippen LogP) is 4.00. The van der Waals surface area contributed by atoms with Gasteiger partial charge in [-0.05, 0) is 35.9 Å². The van der Waals surface area contributed by atoms with Gasteiger partial charge in [0.25, 0.3) is 0 Å². The molecule has 0 aliphatic rings. The Labute approximate surface area is 114 Å². The molecular formula is C14H22ClNS. The summed E-state index contributed by atoms with van der Waals surface area (Å²) in [5.41, 5.74) is 1.35. The van der Waals surface area contributed by atoms with Crippen molar-refractivity contribution >= 4 is 23.4 Å². The van der Waals surface area contributed by atoms with Crippen molar-refractivity contribution in [1.29, 1.82) is 0 Å². The third-order valence-electron chi connectivity index (χ3n) is 2.52. The van der Waals surface area contributed by atoms with Crippen LogP contribution < -0.4 is 5.32 Å². The molecule has 0 saturated heterocycles. The molecule has 1 nitrogen and oxygen atoms in total. The van der Waals surface area contributed by atoms with Crippen LogP contribution in [-0.4, -0.2) is 23.6 Å². The molecule has 0 aliphatic carbocycles. The van der Waals surface area contributed by atoms with Crippen LogP contribution in [0.5, 0.6) is 0 Å². The third-order valence-corrected chi connectivity index (χ3v) is 4.03. The van der Waals surface area contributed by atoms with E-state index in [2.05, 4.69) is 38.2 Å². The number of nitrogens with one attached hydrogen (secondary N) is 1. The van der Waals surface area contributed by atoms with Gasteiger partial charge in [-0.15, -0.1) is 0 Å². The molecule has 1 aromatic carbocycles.